The van der Waals surface area contributed by atoms with E-state index in [0.717, 1.165) is 6.08 Å². The van der Waals surface area contributed by atoms with Gasteiger partial charge in [-0.3, -0.25) is 4.57 Å². The molecule has 14 heavy (non-hydrogen) atoms. The van der Waals surface area contributed by atoms with Crippen LogP contribution in [0.1, 0.15) is 0 Å². The second kappa shape index (κ2) is 4.66. The number of anilines is 1. The average molecular weight is 214 g/mol. The molecule has 3 N–H and O–H groups in total. The number of nitrogens with two attached hydrogens (primary N) is 1. The Morgan fingerprint density at radius 1 is 1.71 bits per heavy atom. The molecular formula is C7H10N4O2S. The molecule has 0 aliphatic carbocycles. The van der Waals surface area contributed by atoms with Crippen molar-refractivity contribution in [3.05, 3.63) is 12.2 Å². The molecule has 6 nitrogen and oxygen atoms in total. The standard InChI is InChI=1S/C7H10N4O2S/c1-11-6(8)9-10-7(11)14-4-2-3-5(12)13/h2-3H,4H2,1H3,(H2,8,9)(H,12,13). The molecule has 1 aromatic rings. The molecule has 0 bridgehead atoms. The van der Waals surface area contributed by atoms with Gasteiger partial charge in [0.2, 0.25) is 5.95 Å². The lowest BCUT2D eigenvalue weighted by Crippen LogP contribution is -1.98. The minimum absolute atomic E-state index is 0.342. The summed E-state index contributed by atoms with van der Waals surface area (Å²) in [5.74, 6) is -0.0871. The van der Waals surface area contributed by atoms with Gasteiger partial charge in [0.25, 0.3) is 0 Å². The van der Waals surface area contributed by atoms with Gasteiger partial charge in [-0.15, -0.1) is 10.2 Å². The van der Waals surface area contributed by atoms with Gasteiger partial charge in [-0.05, 0) is 0 Å². The fourth-order valence-electron chi connectivity index (χ4n) is 0.723. The number of carboxylic acids is 1. The summed E-state index contributed by atoms with van der Waals surface area (Å²) in [6.45, 7) is 0. The zero-order valence-corrected chi connectivity index (χ0v) is 8.36. The van der Waals surface area contributed by atoms with Crippen molar-refractivity contribution in [2.45, 2.75) is 5.16 Å². The van der Waals surface area contributed by atoms with Gasteiger partial charge in [0, 0.05) is 18.9 Å². The van der Waals surface area contributed by atoms with Crippen LogP contribution < -0.4 is 5.73 Å². The molecule has 0 unspecified atom stereocenters. The highest BCUT2D eigenvalue weighted by Gasteiger charge is 2.03. The van der Waals surface area contributed by atoms with E-state index in [1.54, 1.807) is 11.6 Å². The minimum atomic E-state index is -0.955. The number of aromatic nitrogens is 3. The predicted molar refractivity (Wildman–Crippen MR) is 52.9 cm³/mol. The molecule has 0 amide bonds. The Balaban J connectivity index is 2.46. The van der Waals surface area contributed by atoms with Crippen molar-refractivity contribution in [3.8, 4) is 0 Å². The summed E-state index contributed by atoms with van der Waals surface area (Å²) in [4.78, 5) is 10.1. The van der Waals surface area contributed by atoms with Crippen molar-refractivity contribution < 1.29 is 9.90 Å². The van der Waals surface area contributed by atoms with E-state index in [1.807, 2.05) is 0 Å². The van der Waals surface area contributed by atoms with Crippen molar-refractivity contribution in [2.24, 2.45) is 7.05 Å². The van der Waals surface area contributed by atoms with Gasteiger partial charge in [-0.2, -0.15) is 0 Å². The number of nitrogens with zero attached hydrogens (tertiary/aromatic N) is 3. The van der Waals surface area contributed by atoms with Crippen LogP contribution in [-0.4, -0.2) is 31.6 Å². The number of carbonyl (C=O) groups is 1. The van der Waals surface area contributed by atoms with Crippen molar-refractivity contribution in [1.82, 2.24) is 14.8 Å². The molecule has 1 heterocycles. The highest BCUT2D eigenvalue weighted by atomic mass is 32.2. The number of rotatable bonds is 4. The van der Waals surface area contributed by atoms with E-state index < -0.39 is 5.97 Å². The molecule has 7 heteroatoms. The zero-order chi connectivity index (χ0) is 10.6. The summed E-state index contributed by atoms with van der Waals surface area (Å²) >= 11 is 1.37. The lowest BCUT2D eigenvalue weighted by atomic mass is 10.5. The van der Waals surface area contributed by atoms with E-state index in [2.05, 4.69) is 10.2 Å². The minimum Gasteiger partial charge on any atom is -0.478 e. The van der Waals surface area contributed by atoms with Crippen LogP contribution in [-0.2, 0) is 11.8 Å². The van der Waals surface area contributed by atoms with E-state index in [-0.39, 0.29) is 0 Å². The lowest BCUT2D eigenvalue weighted by molar-refractivity contribution is -0.131. The molecule has 0 aliphatic rings. The Bertz CT molecular complexity index is 361. The van der Waals surface area contributed by atoms with Crippen LogP contribution in [0.4, 0.5) is 5.95 Å². The fraction of sp³-hybridized carbons (Fsp3) is 0.286. The van der Waals surface area contributed by atoms with Gasteiger partial charge in [0.1, 0.15) is 0 Å². The van der Waals surface area contributed by atoms with Crippen LogP contribution in [0, 0.1) is 0 Å². The molecule has 1 rings (SSSR count). The van der Waals surface area contributed by atoms with Gasteiger partial charge in [-0.1, -0.05) is 17.8 Å². The first-order valence-corrected chi connectivity index (χ1v) is 4.77. The average Bonchev–Trinajstić information content (AvgIpc) is 2.43. The SMILES string of the molecule is Cn1c(N)nnc1SCC=CC(=O)O. The highest BCUT2D eigenvalue weighted by Crippen LogP contribution is 2.15. The maximum atomic E-state index is 10.1. The summed E-state index contributed by atoms with van der Waals surface area (Å²) < 4.78 is 1.64. The maximum absolute atomic E-state index is 10.1. The second-order valence-corrected chi connectivity index (χ2v) is 3.44. The van der Waals surface area contributed by atoms with E-state index >= 15 is 0 Å². The number of hydrogen-bond acceptors (Lipinski definition) is 5. The Hall–Kier alpha value is -1.50. The Morgan fingerprint density at radius 2 is 2.43 bits per heavy atom. The maximum Gasteiger partial charge on any atom is 0.328 e. The Kier molecular flexibility index (Phi) is 3.52. The van der Waals surface area contributed by atoms with Gasteiger partial charge in [0.05, 0.1) is 0 Å². The first kappa shape index (κ1) is 10.6. The summed E-state index contributed by atoms with van der Waals surface area (Å²) in [6, 6.07) is 0. The number of hydrogen-bond donors (Lipinski definition) is 2. The molecule has 0 spiro atoms. The van der Waals surface area contributed by atoms with Gasteiger partial charge in [0.15, 0.2) is 5.16 Å². The van der Waals surface area contributed by atoms with Crippen LogP contribution in [0.25, 0.3) is 0 Å². The zero-order valence-electron chi connectivity index (χ0n) is 7.54. The van der Waals surface area contributed by atoms with E-state index in [1.165, 1.54) is 17.8 Å². The number of aliphatic carboxylic acids is 1. The summed E-state index contributed by atoms with van der Waals surface area (Å²) in [5, 5.41) is 16.4. The molecule has 0 fully saturated rings. The normalized spacial score (nSPS) is 10.9. The van der Waals surface area contributed by atoms with E-state index in [0.29, 0.717) is 16.9 Å². The van der Waals surface area contributed by atoms with Crippen molar-refractivity contribution in [1.29, 1.82) is 0 Å². The van der Waals surface area contributed by atoms with Crippen LogP contribution in [0.15, 0.2) is 17.3 Å². The monoisotopic (exact) mass is 214 g/mol. The van der Waals surface area contributed by atoms with Gasteiger partial charge >= 0.3 is 5.97 Å². The smallest absolute Gasteiger partial charge is 0.328 e. The molecule has 0 atom stereocenters. The number of thioether (sulfide) groups is 1. The number of nitrogen functional groups attached to an aromatic ring is 1. The fourth-order valence-corrected chi connectivity index (χ4v) is 1.45. The molecule has 1 aromatic heterocycles. The van der Waals surface area contributed by atoms with Crippen molar-refractivity contribution in [3.63, 3.8) is 0 Å². The first-order valence-electron chi connectivity index (χ1n) is 3.78. The predicted octanol–water partition coefficient (Wildman–Crippen LogP) is 0.130. The Labute approximate surface area is 84.8 Å². The largest absolute Gasteiger partial charge is 0.478 e. The molecule has 76 valence electrons. The van der Waals surface area contributed by atoms with E-state index in [9.17, 15) is 4.79 Å². The van der Waals surface area contributed by atoms with E-state index in [4.69, 9.17) is 10.8 Å². The van der Waals surface area contributed by atoms with Crippen molar-refractivity contribution in [2.75, 3.05) is 11.5 Å². The molecule has 0 radical (unpaired) electrons. The lowest BCUT2D eigenvalue weighted by Gasteiger charge is -1.97. The third-order valence-corrected chi connectivity index (χ3v) is 2.41. The number of carboxylic acid groups (broad SMARTS) is 1. The van der Waals surface area contributed by atoms with Crippen LogP contribution >= 0.6 is 11.8 Å². The highest BCUT2D eigenvalue weighted by molar-refractivity contribution is 7.99. The molecule has 0 aromatic carbocycles. The third kappa shape index (κ3) is 2.77. The molecule has 0 saturated heterocycles. The second-order valence-electron chi connectivity index (χ2n) is 2.45. The van der Waals surface area contributed by atoms with Crippen LogP contribution in [0.2, 0.25) is 0 Å². The summed E-state index contributed by atoms with van der Waals surface area (Å²) in [7, 11) is 1.75. The molecular weight excluding hydrogens is 204 g/mol. The van der Waals surface area contributed by atoms with Crippen molar-refractivity contribution >= 4 is 23.7 Å². The van der Waals surface area contributed by atoms with Gasteiger partial charge in [-0.25, -0.2) is 4.79 Å². The molecule has 0 aliphatic heterocycles. The Morgan fingerprint density at radius 3 is 2.93 bits per heavy atom. The van der Waals surface area contributed by atoms with Crippen LogP contribution in [0.3, 0.4) is 0 Å². The topological polar surface area (TPSA) is 94.0 Å². The molecule has 0 saturated carbocycles. The quantitative estimate of drug-likeness (QED) is 0.546. The van der Waals surface area contributed by atoms with Crippen LogP contribution in [0.5, 0.6) is 0 Å². The first-order chi connectivity index (χ1) is 6.61. The summed E-state index contributed by atoms with van der Waals surface area (Å²) in [5.41, 5.74) is 5.46. The summed E-state index contributed by atoms with van der Waals surface area (Å²) in [6.07, 6.45) is 2.63. The third-order valence-electron chi connectivity index (χ3n) is 1.44. The van der Waals surface area contributed by atoms with Gasteiger partial charge < -0.3 is 10.8 Å².